The van der Waals surface area contributed by atoms with E-state index in [-0.39, 0.29) is 11.8 Å². The van der Waals surface area contributed by atoms with Gasteiger partial charge in [0.1, 0.15) is 11.4 Å². The van der Waals surface area contributed by atoms with Gasteiger partial charge in [-0.05, 0) is 54.9 Å². The van der Waals surface area contributed by atoms with E-state index in [1.165, 1.54) is 16.2 Å². The van der Waals surface area contributed by atoms with Crippen molar-refractivity contribution in [3.8, 4) is 17.0 Å². The molecule has 30 heavy (non-hydrogen) atoms. The highest BCUT2D eigenvalue weighted by Crippen LogP contribution is 2.34. The molecule has 0 saturated heterocycles. The van der Waals surface area contributed by atoms with E-state index < -0.39 is 11.4 Å². The van der Waals surface area contributed by atoms with Crippen molar-refractivity contribution < 1.29 is 14.1 Å². The number of amides is 1. The minimum absolute atomic E-state index is 0.0386. The number of benzene rings is 1. The summed E-state index contributed by atoms with van der Waals surface area (Å²) in [6, 6.07) is 11.8. The Bertz CT molecular complexity index is 1060. The number of aromatic nitrogens is 2. The van der Waals surface area contributed by atoms with Crippen LogP contribution in [0.5, 0.6) is 5.75 Å². The predicted molar refractivity (Wildman–Crippen MR) is 118 cm³/mol. The Morgan fingerprint density at radius 3 is 2.90 bits per heavy atom. The molecule has 1 aliphatic heterocycles. The first-order valence-corrected chi connectivity index (χ1v) is 11.6. The van der Waals surface area contributed by atoms with Crippen LogP contribution in [0.25, 0.3) is 11.3 Å². The molecule has 2 unspecified atom stereocenters. The molecule has 0 spiro atoms. The Kier molecular flexibility index (Phi) is 6.05. The molecule has 2 aromatic heterocycles. The van der Waals surface area contributed by atoms with Gasteiger partial charge >= 0.3 is 0 Å². The minimum atomic E-state index is -1.61. The molecule has 0 aliphatic carbocycles. The number of pyridine rings is 1. The molecule has 4 rings (SSSR count). The molecular formula is C21H22N4O3S2. The summed E-state index contributed by atoms with van der Waals surface area (Å²) in [5.74, 6) is 0.526. The van der Waals surface area contributed by atoms with Crippen LogP contribution in [0, 0.1) is 12.8 Å². The van der Waals surface area contributed by atoms with Gasteiger partial charge in [0.05, 0.1) is 23.7 Å². The first-order chi connectivity index (χ1) is 14.4. The minimum Gasteiger partial charge on any atom is -0.592 e. The van der Waals surface area contributed by atoms with Gasteiger partial charge in [-0.1, -0.05) is 18.2 Å². The van der Waals surface area contributed by atoms with Crippen molar-refractivity contribution in [2.45, 2.75) is 24.0 Å². The van der Waals surface area contributed by atoms with Crippen LogP contribution in [-0.4, -0.2) is 34.1 Å². The summed E-state index contributed by atoms with van der Waals surface area (Å²) in [5.41, 5.74) is 3.45. The summed E-state index contributed by atoms with van der Waals surface area (Å²) in [4.78, 5) is 23.5. The highest BCUT2D eigenvalue weighted by Gasteiger charge is 2.29. The number of nitrogens with zero attached hydrogens (tertiary/aromatic N) is 3. The van der Waals surface area contributed by atoms with Gasteiger partial charge in [0.2, 0.25) is 5.91 Å². The van der Waals surface area contributed by atoms with Gasteiger partial charge < -0.3 is 9.29 Å². The molecule has 9 heteroatoms. The molecule has 2 atom stereocenters. The number of ether oxygens (including phenoxy) is 1. The fraction of sp³-hybridized carbons (Fsp3) is 0.286. The van der Waals surface area contributed by atoms with Crippen LogP contribution in [0.3, 0.4) is 0 Å². The second kappa shape index (κ2) is 8.73. The number of hydrogen-bond donors (Lipinski definition) is 1. The van der Waals surface area contributed by atoms with Crippen molar-refractivity contribution in [1.29, 1.82) is 0 Å². The number of rotatable bonds is 4. The first-order valence-electron chi connectivity index (χ1n) is 9.52. The standard InChI is InChI=1S/C21H22N4O3S2/c1-13-20(30(22)27)29-21(24-13)25(2)19(26)16-8-10-28-18-12-14(6-7-15(18)11-16)17-5-3-4-9-23-17/h3-7,9,12,16H,8,10-11,22H2,1-2H3. The van der Waals surface area contributed by atoms with E-state index in [1.54, 1.807) is 20.2 Å². The summed E-state index contributed by atoms with van der Waals surface area (Å²) in [5, 5.41) is 6.00. The fourth-order valence-electron chi connectivity index (χ4n) is 3.51. The molecule has 3 aromatic rings. The van der Waals surface area contributed by atoms with Crippen LogP contribution in [0.4, 0.5) is 5.13 Å². The van der Waals surface area contributed by atoms with Crippen LogP contribution < -0.4 is 14.8 Å². The Labute approximate surface area is 182 Å². The van der Waals surface area contributed by atoms with E-state index in [4.69, 9.17) is 9.88 Å². The summed E-state index contributed by atoms with van der Waals surface area (Å²) in [6.07, 6.45) is 2.95. The lowest BCUT2D eigenvalue weighted by Crippen LogP contribution is -2.34. The number of carbonyl (C=O) groups excluding carboxylic acids is 1. The second-order valence-corrected chi connectivity index (χ2v) is 9.38. The van der Waals surface area contributed by atoms with E-state index >= 15 is 0 Å². The summed E-state index contributed by atoms with van der Waals surface area (Å²) in [7, 11) is 1.70. The van der Waals surface area contributed by atoms with E-state index in [9.17, 15) is 9.35 Å². The average Bonchev–Trinajstić information content (AvgIpc) is 3.02. The predicted octanol–water partition coefficient (Wildman–Crippen LogP) is 3.10. The zero-order chi connectivity index (χ0) is 21.3. The van der Waals surface area contributed by atoms with Crippen LogP contribution in [0.1, 0.15) is 17.7 Å². The summed E-state index contributed by atoms with van der Waals surface area (Å²) in [6.45, 7) is 2.20. The molecule has 7 nitrogen and oxygen atoms in total. The van der Waals surface area contributed by atoms with Crippen molar-refractivity contribution in [3.63, 3.8) is 0 Å². The maximum atomic E-state index is 13.2. The van der Waals surface area contributed by atoms with Gasteiger partial charge in [0.25, 0.3) is 4.21 Å². The molecule has 1 aliphatic rings. The van der Waals surface area contributed by atoms with Gasteiger partial charge in [-0.2, -0.15) is 0 Å². The molecule has 2 N–H and O–H groups in total. The molecule has 3 heterocycles. The highest BCUT2D eigenvalue weighted by atomic mass is 32.2. The Balaban J connectivity index is 1.54. The van der Waals surface area contributed by atoms with Crippen LogP contribution in [0.15, 0.2) is 46.8 Å². The van der Waals surface area contributed by atoms with E-state index in [1.807, 2.05) is 36.4 Å². The van der Waals surface area contributed by atoms with Gasteiger partial charge in [-0.3, -0.25) is 14.7 Å². The van der Waals surface area contributed by atoms with Gasteiger partial charge in [-0.15, -0.1) is 5.14 Å². The zero-order valence-electron chi connectivity index (χ0n) is 16.7. The van der Waals surface area contributed by atoms with Gasteiger partial charge in [0, 0.05) is 24.7 Å². The molecule has 1 amide bonds. The van der Waals surface area contributed by atoms with Crippen molar-refractivity contribution in [2.75, 3.05) is 18.6 Å². The third-order valence-corrected chi connectivity index (χ3v) is 7.54. The normalized spacial score (nSPS) is 16.9. The number of fused-ring (bicyclic) bond motifs is 1. The van der Waals surface area contributed by atoms with E-state index in [2.05, 4.69) is 9.97 Å². The number of aryl methyl sites for hydroxylation is 1. The van der Waals surface area contributed by atoms with Crippen molar-refractivity contribution >= 4 is 33.7 Å². The molecule has 0 fully saturated rings. The zero-order valence-corrected chi connectivity index (χ0v) is 18.3. The van der Waals surface area contributed by atoms with Crippen LogP contribution in [-0.2, 0) is 22.6 Å². The average molecular weight is 443 g/mol. The third kappa shape index (κ3) is 4.20. The lowest BCUT2D eigenvalue weighted by molar-refractivity contribution is -0.122. The van der Waals surface area contributed by atoms with Crippen LogP contribution >= 0.6 is 11.3 Å². The van der Waals surface area contributed by atoms with Crippen molar-refractivity contribution in [3.05, 3.63) is 53.9 Å². The van der Waals surface area contributed by atoms with E-state index in [0.717, 1.165) is 22.6 Å². The molecule has 0 radical (unpaired) electrons. The molecule has 0 saturated carbocycles. The number of hydrogen-bond acceptors (Lipinski definition) is 7. The lowest BCUT2D eigenvalue weighted by atomic mass is 9.94. The molecule has 0 bridgehead atoms. The maximum Gasteiger partial charge on any atom is 0.252 e. The first kappa shape index (κ1) is 20.8. The largest absolute Gasteiger partial charge is 0.592 e. The fourth-order valence-corrected chi connectivity index (χ4v) is 5.16. The smallest absolute Gasteiger partial charge is 0.252 e. The molecular weight excluding hydrogens is 420 g/mol. The van der Waals surface area contributed by atoms with E-state index in [0.29, 0.717) is 34.5 Å². The Morgan fingerprint density at radius 1 is 1.37 bits per heavy atom. The Morgan fingerprint density at radius 2 is 2.20 bits per heavy atom. The maximum absolute atomic E-state index is 13.2. The summed E-state index contributed by atoms with van der Waals surface area (Å²) < 4.78 is 18.1. The second-order valence-electron chi connectivity index (χ2n) is 7.14. The molecule has 156 valence electrons. The molecule has 1 aromatic carbocycles. The van der Waals surface area contributed by atoms with Crippen molar-refractivity contribution in [1.82, 2.24) is 9.97 Å². The SMILES string of the molecule is Cc1nc(N(C)C(=O)C2CCOc3cc(-c4ccccn4)ccc3C2)sc1[S+](N)[O-]. The van der Waals surface area contributed by atoms with Crippen molar-refractivity contribution in [2.24, 2.45) is 11.1 Å². The number of nitrogens with two attached hydrogens (primary N) is 1. The van der Waals surface area contributed by atoms with Crippen LogP contribution in [0.2, 0.25) is 0 Å². The number of carbonyl (C=O) groups is 1. The highest BCUT2D eigenvalue weighted by molar-refractivity contribution is 7.91. The van der Waals surface area contributed by atoms with Gasteiger partial charge in [0.15, 0.2) is 5.13 Å². The van der Waals surface area contributed by atoms with Gasteiger partial charge in [-0.25, -0.2) is 4.98 Å². The third-order valence-electron chi connectivity index (χ3n) is 5.11. The Hall–Kier alpha value is -2.46. The quantitative estimate of drug-likeness (QED) is 0.623. The summed E-state index contributed by atoms with van der Waals surface area (Å²) >= 11 is -0.423. The lowest BCUT2D eigenvalue weighted by Gasteiger charge is -2.20. The monoisotopic (exact) mass is 442 g/mol. The topological polar surface area (TPSA) is 104 Å². The number of anilines is 1. The number of thiazole rings is 1.